The topological polar surface area (TPSA) is 40.5 Å². The van der Waals surface area contributed by atoms with Gasteiger partial charge >= 0.3 is 0 Å². The van der Waals surface area contributed by atoms with E-state index < -0.39 is 0 Å². The average Bonchev–Trinajstić information content (AvgIpc) is 2.87. The van der Waals surface area contributed by atoms with Gasteiger partial charge in [-0.05, 0) is 78.1 Å². The van der Waals surface area contributed by atoms with Crippen LogP contribution in [-0.4, -0.2) is 10.2 Å². The van der Waals surface area contributed by atoms with Crippen molar-refractivity contribution in [1.29, 1.82) is 0 Å². The van der Waals surface area contributed by atoms with E-state index in [0.717, 1.165) is 64.6 Å². The van der Waals surface area contributed by atoms with Gasteiger partial charge in [-0.1, -0.05) is 72.8 Å². The van der Waals surface area contributed by atoms with Crippen molar-refractivity contribution in [3.63, 3.8) is 0 Å². The zero-order valence-electron chi connectivity index (χ0n) is 18.1. The molecule has 8 aromatic rings. The van der Waals surface area contributed by atoms with Crippen LogP contribution in [0.1, 0.15) is 0 Å². The lowest BCUT2D eigenvalue weighted by atomic mass is 9.86. The van der Waals surface area contributed by atoms with E-state index in [-0.39, 0.29) is 0 Å². The molecule has 0 bridgehead atoms. The van der Waals surface area contributed by atoms with E-state index in [9.17, 15) is 10.2 Å². The Morgan fingerprint density at radius 2 is 0.765 bits per heavy atom. The second-order valence-electron chi connectivity index (χ2n) is 9.25. The van der Waals surface area contributed by atoms with Crippen LogP contribution in [0.5, 0.6) is 11.5 Å². The van der Waals surface area contributed by atoms with E-state index in [4.69, 9.17) is 0 Å². The van der Waals surface area contributed by atoms with Crippen LogP contribution in [0.25, 0.3) is 75.4 Å². The van der Waals surface area contributed by atoms with Crippen molar-refractivity contribution < 1.29 is 10.2 Å². The molecule has 0 radical (unpaired) electrons. The lowest BCUT2D eigenvalue weighted by molar-refractivity contribution is 0.482. The second kappa shape index (κ2) is 6.06. The molecule has 0 unspecified atom stereocenters. The van der Waals surface area contributed by atoms with E-state index in [1.54, 1.807) is 0 Å². The zero-order chi connectivity index (χ0) is 22.6. The van der Waals surface area contributed by atoms with E-state index >= 15 is 0 Å². The van der Waals surface area contributed by atoms with Gasteiger partial charge in [-0.25, -0.2) is 0 Å². The summed E-state index contributed by atoms with van der Waals surface area (Å²) < 4.78 is 0. The predicted octanol–water partition coefficient (Wildman–Crippen LogP) is 8.61. The molecule has 0 saturated carbocycles. The minimum absolute atomic E-state index is 0.306. The Balaban J connectivity index is 1.71. The molecule has 8 aromatic carbocycles. The highest BCUT2D eigenvalue weighted by Gasteiger charge is 2.18. The van der Waals surface area contributed by atoms with Gasteiger partial charge < -0.3 is 10.2 Å². The highest BCUT2D eigenvalue weighted by atomic mass is 16.3. The Bertz CT molecular complexity index is 1980. The number of benzene rings is 8. The summed E-state index contributed by atoms with van der Waals surface area (Å²) in [6, 6.07) is 33.1. The third-order valence-electron chi connectivity index (χ3n) is 7.50. The van der Waals surface area contributed by atoms with Crippen molar-refractivity contribution in [2.75, 3.05) is 0 Å². The summed E-state index contributed by atoms with van der Waals surface area (Å²) in [6.45, 7) is 0. The fourth-order valence-corrected chi connectivity index (χ4v) is 6.09. The summed E-state index contributed by atoms with van der Waals surface area (Å²) in [5, 5.41) is 37.0. The largest absolute Gasteiger partial charge is 0.507 e. The van der Waals surface area contributed by atoms with E-state index in [1.165, 1.54) is 10.8 Å². The minimum Gasteiger partial charge on any atom is -0.507 e. The third kappa shape index (κ3) is 2.11. The van der Waals surface area contributed by atoms with Crippen molar-refractivity contribution in [2.45, 2.75) is 0 Å². The maximum atomic E-state index is 10.9. The number of rotatable bonds is 0. The monoisotopic (exact) mass is 434 g/mol. The summed E-state index contributed by atoms with van der Waals surface area (Å²) in [4.78, 5) is 0. The normalized spacial score (nSPS) is 12.4. The summed E-state index contributed by atoms with van der Waals surface area (Å²) >= 11 is 0. The van der Waals surface area contributed by atoms with Gasteiger partial charge in [-0.15, -0.1) is 0 Å². The molecular weight excluding hydrogens is 416 g/mol. The van der Waals surface area contributed by atoms with Gasteiger partial charge in [0, 0.05) is 21.5 Å². The molecule has 0 aliphatic carbocycles. The van der Waals surface area contributed by atoms with E-state index in [2.05, 4.69) is 72.8 Å². The summed E-state index contributed by atoms with van der Waals surface area (Å²) in [7, 11) is 0. The fraction of sp³-hybridized carbons (Fsp3) is 0. The first kappa shape index (κ1) is 17.9. The Morgan fingerprint density at radius 3 is 1.24 bits per heavy atom. The fourth-order valence-electron chi connectivity index (χ4n) is 6.09. The van der Waals surface area contributed by atoms with Gasteiger partial charge in [0.1, 0.15) is 11.5 Å². The molecule has 0 amide bonds. The van der Waals surface area contributed by atoms with E-state index in [1.807, 2.05) is 24.3 Å². The lowest BCUT2D eigenvalue weighted by Crippen LogP contribution is -1.89. The van der Waals surface area contributed by atoms with Crippen LogP contribution in [0.4, 0.5) is 0 Å². The lowest BCUT2D eigenvalue weighted by Gasteiger charge is -2.18. The first-order chi connectivity index (χ1) is 16.7. The van der Waals surface area contributed by atoms with Crippen molar-refractivity contribution in [3.05, 3.63) is 97.1 Å². The Labute approximate surface area is 194 Å². The molecule has 0 fully saturated rings. The maximum Gasteiger partial charge on any atom is 0.124 e. The van der Waals surface area contributed by atoms with Crippen LogP contribution in [0.15, 0.2) is 97.1 Å². The van der Waals surface area contributed by atoms with Crippen LogP contribution in [0.2, 0.25) is 0 Å². The molecule has 0 aliphatic rings. The van der Waals surface area contributed by atoms with Crippen LogP contribution in [-0.2, 0) is 0 Å². The molecular formula is C32H18O2. The van der Waals surface area contributed by atoms with Crippen LogP contribution in [0, 0.1) is 0 Å². The molecule has 2 heteroatoms. The Morgan fingerprint density at radius 1 is 0.324 bits per heavy atom. The molecule has 34 heavy (non-hydrogen) atoms. The average molecular weight is 434 g/mol. The van der Waals surface area contributed by atoms with Gasteiger partial charge in [0.05, 0.1) is 0 Å². The number of fused-ring (bicyclic) bond motifs is 8. The predicted molar refractivity (Wildman–Crippen MR) is 143 cm³/mol. The molecule has 0 spiro atoms. The highest BCUT2D eigenvalue weighted by Crippen LogP contribution is 2.47. The van der Waals surface area contributed by atoms with Gasteiger partial charge in [-0.3, -0.25) is 0 Å². The molecule has 0 aromatic heterocycles. The smallest absolute Gasteiger partial charge is 0.124 e. The van der Waals surface area contributed by atoms with Gasteiger partial charge in [0.2, 0.25) is 0 Å². The molecule has 2 nitrogen and oxygen atoms in total. The minimum atomic E-state index is 0.306. The van der Waals surface area contributed by atoms with Crippen LogP contribution >= 0.6 is 0 Å². The van der Waals surface area contributed by atoms with Gasteiger partial charge in [0.25, 0.3) is 0 Å². The summed E-state index contributed by atoms with van der Waals surface area (Å²) in [6.07, 6.45) is 0. The van der Waals surface area contributed by atoms with Gasteiger partial charge in [-0.2, -0.15) is 0 Å². The molecule has 8 rings (SSSR count). The molecule has 158 valence electrons. The highest BCUT2D eigenvalue weighted by molar-refractivity contribution is 6.37. The van der Waals surface area contributed by atoms with E-state index in [0.29, 0.717) is 11.5 Å². The summed E-state index contributed by atoms with van der Waals surface area (Å²) in [5.41, 5.74) is 0. The molecule has 0 atom stereocenters. The second-order valence-corrected chi connectivity index (χ2v) is 9.25. The van der Waals surface area contributed by atoms with Crippen molar-refractivity contribution >= 4 is 75.4 Å². The summed E-state index contributed by atoms with van der Waals surface area (Å²) in [5.74, 6) is 0.612. The first-order valence-electron chi connectivity index (χ1n) is 11.5. The number of phenolic OH excluding ortho intramolecular Hbond substituents is 2. The number of aromatic hydroxyl groups is 2. The van der Waals surface area contributed by atoms with Crippen LogP contribution < -0.4 is 0 Å². The SMILES string of the molecule is Oc1cc2ccccc2c2c1cc1ccc3c4c(cc5ccc2c1c53)c(O)cc1ccccc14. The first-order valence-corrected chi connectivity index (χ1v) is 11.5. The third-order valence-corrected chi connectivity index (χ3v) is 7.50. The standard InChI is InChI=1S/C32H18O2/c33-27-15-17-5-1-3-7-21(17)31-23-11-9-20-14-26-28(34)16-18-6-2-4-8-22(18)32(26)24-12-10-19(13-25(27)31)29(23)30(20)24/h1-16,33-34H. The number of phenols is 2. The Hall–Kier alpha value is -4.56. The zero-order valence-corrected chi connectivity index (χ0v) is 18.1. The van der Waals surface area contributed by atoms with Crippen molar-refractivity contribution in [2.24, 2.45) is 0 Å². The molecule has 0 heterocycles. The quantitative estimate of drug-likeness (QED) is 0.185. The maximum absolute atomic E-state index is 10.9. The van der Waals surface area contributed by atoms with Gasteiger partial charge in [0.15, 0.2) is 0 Å². The van der Waals surface area contributed by atoms with Crippen LogP contribution in [0.3, 0.4) is 0 Å². The molecule has 0 saturated heterocycles. The van der Waals surface area contributed by atoms with Crippen molar-refractivity contribution in [1.82, 2.24) is 0 Å². The number of hydrogen-bond donors (Lipinski definition) is 2. The number of hydrogen-bond acceptors (Lipinski definition) is 2. The Kier molecular flexibility index (Phi) is 3.20. The van der Waals surface area contributed by atoms with Crippen molar-refractivity contribution in [3.8, 4) is 11.5 Å². The molecule has 2 N–H and O–H groups in total. The molecule has 0 aliphatic heterocycles.